The molecule has 0 bridgehead atoms. The van der Waals surface area contributed by atoms with Crippen LogP contribution in [0.4, 0.5) is 5.69 Å². The monoisotopic (exact) mass is 378 g/mol. The third-order valence-electron chi connectivity index (χ3n) is 4.69. The summed E-state index contributed by atoms with van der Waals surface area (Å²) in [7, 11) is 3.94. The Balaban J connectivity index is 2.14. The molecule has 0 saturated carbocycles. The number of rotatable bonds is 8. The number of aromatic nitrogens is 2. The minimum Gasteiger partial charge on any atom is -0.309 e. The summed E-state index contributed by atoms with van der Waals surface area (Å²) in [5.74, 6) is 0. The molecule has 0 atom stereocenters. The molecule has 2 aromatic rings. The zero-order valence-corrected chi connectivity index (χ0v) is 17.5. The SMILES string of the molecule is Cc1nn(C)c(C)c1N(C)S(=O)(=O)c1ccc(CCCCN(C)C)cc1. The number of hydrogen-bond acceptors (Lipinski definition) is 4. The quantitative estimate of drug-likeness (QED) is 0.663. The van der Waals surface area contributed by atoms with E-state index >= 15 is 0 Å². The molecule has 0 N–H and O–H groups in total. The minimum atomic E-state index is -3.60. The van der Waals surface area contributed by atoms with E-state index in [-0.39, 0.29) is 0 Å². The lowest BCUT2D eigenvalue weighted by molar-refractivity contribution is 0.394. The van der Waals surface area contributed by atoms with Crippen molar-refractivity contribution < 1.29 is 8.42 Å². The first-order chi connectivity index (χ1) is 12.1. The van der Waals surface area contributed by atoms with Crippen molar-refractivity contribution in [3.8, 4) is 0 Å². The Morgan fingerprint density at radius 1 is 1.04 bits per heavy atom. The van der Waals surface area contributed by atoms with Crippen LogP contribution in [0.1, 0.15) is 29.8 Å². The van der Waals surface area contributed by atoms with Crippen molar-refractivity contribution in [1.29, 1.82) is 0 Å². The second-order valence-electron chi connectivity index (χ2n) is 7.02. The fraction of sp³-hybridized carbons (Fsp3) is 0.526. The molecular weight excluding hydrogens is 348 g/mol. The summed E-state index contributed by atoms with van der Waals surface area (Å²) in [5, 5.41) is 4.31. The predicted octanol–water partition coefficient (Wildman–Crippen LogP) is 2.75. The first-order valence-corrected chi connectivity index (χ1v) is 10.3. The van der Waals surface area contributed by atoms with Crippen LogP contribution in [0.5, 0.6) is 0 Å². The van der Waals surface area contributed by atoms with Gasteiger partial charge >= 0.3 is 0 Å². The molecule has 0 amide bonds. The maximum Gasteiger partial charge on any atom is 0.264 e. The molecular formula is C19H30N4O2S. The molecule has 0 saturated heterocycles. The summed E-state index contributed by atoms with van der Waals surface area (Å²) in [6.07, 6.45) is 3.19. The van der Waals surface area contributed by atoms with Gasteiger partial charge in [-0.1, -0.05) is 12.1 Å². The van der Waals surface area contributed by atoms with E-state index in [1.54, 1.807) is 23.9 Å². The first kappa shape index (κ1) is 20.5. The number of sulfonamides is 1. The minimum absolute atomic E-state index is 0.305. The van der Waals surface area contributed by atoms with Crippen LogP contribution in [0.2, 0.25) is 0 Å². The number of unbranched alkanes of at least 4 members (excludes halogenated alkanes) is 1. The smallest absolute Gasteiger partial charge is 0.264 e. The summed E-state index contributed by atoms with van der Waals surface area (Å²) in [5.41, 5.74) is 3.33. The molecule has 1 aromatic heterocycles. The highest BCUT2D eigenvalue weighted by Gasteiger charge is 2.26. The molecule has 1 heterocycles. The summed E-state index contributed by atoms with van der Waals surface area (Å²) in [4.78, 5) is 2.48. The van der Waals surface area contributed by atoms with Crippen molar-refractivity contribution in [2.24, 2.45) is 7.05 Å². The second-order valence-corrected chi connectivity index (χ2v) is 8.99. The van der Waals surface area contributed by atoms with Crippen molar-refractivity contribution in [2.75, 3.05) is 32.0 Å². The fourth-order valence-corrected chi connectivity index (χ4v) is 4.38. The average Bonchev–Trinajstić information content (AvgIpc) is 2.83. The zero-order chi connectivity index (χ0) is 19.5. The molecule has 26 heavy (non-hydrogen) atoms. The van der Waals surface area contributed by atoms with Gasteiger partial charge in [0.25, 0.3) is 10.0 Å². The second kappa shape index (κ2) is 8.22. The lowest BCUT2D eigenvalue weighted by Crippen LogP contribution is -2.27. The molecule has 0 aliphatic heterocycles. The Kier molecular flexibility index (Phi) is 6.47. The lowest BCUT2D eigenvalue weighted by atomic mass is 10.1. The van der Waals surface area contributed by atoms with E-state index in [9.17, 15) is 8.42 Å². The normalized spacial score (nSPS) is 12.0. The number of benzene rings is 1. The van der Waals surface area contributed by atoms with Gasteiger partial charge in [0.15, 0.2) is 0 Å². The van der Waals surface area contributed by atoms with E-state index in [0.717, 1.165) is 31.5 Å². The highest BCUT2D eigenvalue weighted by atomic mass is 32.2. The Hall–Kier alpha value is -1.86. The van der Waals surface area contributed by atoms with Gasteiger partial charge in [0.1, 0.15) is 0 Å². The zero-order valence-electron chi connectivity index (χ0n) is 16.7. The molecule has 0 spiro atoms. The summed E-state index contributed by atoms with van der Waals surface area (Å²) in [6, 6.07) is 7.24. The van der Waals surface area contributed by atoms with E-state index in [4.69, 9.17) is 0 Å². The van der Waals surface area contributed by atoms with Gasteiger partial charge in [-0.05, 0) is 71.4 Å². The first-order valence-electron chi connectivity index (χ1n) is 8.87. The molecule has 0 radical (unpaired) electrons. The number of anilines is 1. The maximum absolute atomic E-state index is 13.0. The van der Waals surface area contributed by atoms with Gasteiger partial charge in [0.05, 0.1) is 22.0 Å². The number of nitrogens with zero attached hydrogens (tertiary/aromatic N) is 4. The lowest BCUT2D eigenvalue weighted by Gasteiger charge is -2.20. The maximum atomic E-state index is 13.0. The van der Waals surface area contributed by atoms with Crippen molar-refractivity contribution in [2.45, 2.75) is 38.0 Å². The number of aryl methyl sites for hydroxylation is 3. The van der Waals surface area contributed by atoms with Crippen LogP contribution in [0, 0.1) is 13.8 Å². The van der Waals surface area contributed by atoms with Crippen molar-refractivity contribution in [3.05, 3.63) is 41.2 Å². The Morgan fingerprint density at radius 3 is 2.15 bits per heavy atom. The largest absolute Gasteiger partial charge is 0.309 e. The van der Waals surface area contributed by atoms with Gasteiger partial charge in [0, 0.05) is 14.1 Å². The van der Waals surface area contributed by atoms with E-state index < -0.39 is 10.0 Å². The van der Waals surface area contributed by atoms with Crippen LogP contribution in [-0.4, -0.2) is 50.8 Å². The molecule has 0 aliphatic carbocycles. The third kappa shape index (κ3) is 4.45. The van der Waals surface area contributed by atoms with Crippen LogP contribution in [0.3, 0.4) is 0 Å². The van der Waals surface area contributed by atoms with Gasteiger partial charge in [-0.3, -0.25) is 8.99 Å². The third-order valence-corrected chi connectivity index (χ3v) is 6.46. The summed E-state index contributed by atoms with van der Waals surface area (Å²) < 4.78 is 29.0. The van der Waals surface area contributed by atoms with E-state index in [2.05, 4.69) is 24.1 Å². The Bertz CT molecular complexity index is 839. The summed E-state index contributed by atoms with van der Waals surface area (Å²) in [6.45, 7) is 4.77. The number of hydrogen-bond donors (Lipinski definition) is 0. The highest BCUT2D eigenvalue weighted by Crippen LogP contribution is 2.28. The Morgan fingerprint density at radius 2 is 1.65 bits per heavy atom. The highest BCUT2D eigenvalue weighted by molar-refractivity contribution is 7.92. The van der Waals surface area contributed by atoms with Crippen LogP contribution >= 0.6 is 0 Å². The van der Waals surface area contributed by atoms with Crippen LogP contribution in [-0.2, 0) is 23.5 Å². The molecule has 2 rings (SSSR count). The van der Waals surface area contributed by atoms with E-state index in [1.807, 2.05) is 33.0 Å². The van der Waals surface area contributed by atoms with E-state index in [0.29, 0.717) is 16.3 Å². The van der Waals surface area contributed by atoms with Crippen LogP contribution < -0.4 is 4.31 Å². The Labute approximate surface area is 157 Å². The van der Waals surface area contributed by atoms with Gasteiger partial charge < -0.3 is 4.90 Å². The molecule has 0 unspecified atom stereocenters. The predicted molar refractivity (Wildman–Crippen MR) is 106 cm³/mol. The molecule has 7 heteroatoms. The molecule has 1 aromatic carbocycles. The fourth-order valence-electron chi connectivity index (χ4n) is 3.08. The molecule has 0 fully saturated rings. The molecule has 144 valence electrons. The summed E-state index contributed by atoms with van der Waals surface area (Å²) >= 11 is 0. The molecule has 0 aliphatic rings. The van der Waals surface area contributed by atoms with Crippen LogP contribution in [0.25, 0.3) is 0 Å². The molecule has 6 nitrogen and oxygen atoms in total. The topological polar surface area (TPSA) is 58.4 Å². The van der Waals surface area contributed by atoms with Gasteiger partial charge in [0.2, 0.25) is 0 Å². The van der Waals surface area contributed by atoms with Crippen LogP contribution in [0.15, 0.2) is 29.2 Å². The standard InChI is InChI=1S/C19H30N4O2S/c1-15-19(16(2)22(5)20-15)23(6)26(24,25)18-12-10-17(11-13-18)9-7-8-14-21(3)4/h10-13H,7-9,14H2,1-6H3. The van der Waals surface area contributed by atoms with Gasteiger partial charge in [-0.25, -0.2) is 8.42 Å². The van der Waals surface area contributed by atoms with Crippen molar-refractivity contribution >= 4 is 15.7 Å². The van der Waals surface area contributed by atoms with Crippen molar-refractivity contribution in [1.82, 2.24) is 14.7 Å². The van der Waals surface area contributed by atoms with Crippen molar-refractivity contribution in [3.63, 3.8) is 0 Å². The van der Waals surface area contributed by atoms with E-state index in [1.165, 1.54) is 9.87 Å². The van der Waals surface area contributed by atoms with Gasteiger partial charge in [-0.15, -0.1) is 0 Å². The average molecular weight is 379 g/mol. The van der Waals surface area contributed by atoms with Gasteiger partial charge in [-0.2, -0.15) is 5.10 Å².